The largest absolute Gasteiger partial charge is 0.294 e. The lowest BCUT2D eigenvalue weighted by molar-refractivity contribution is 0.101. The maximum Gasteiger partial charge on any atom is 0.162 e. The van der Waals surface area contributed by atoms with Crippen LogP contribution in [-0.2, 0) is 13.0 Å². The Morgan fingerprint density at radius 2 is 1.88 bits per heavy atom. The van der Waals surface area contributed by atoms with Crippen LogP contribution in [-0.4, -0.2) is 15.6 Å². The molecule has 0 radical (unpaired) electrons. The summed E-state index contributed by atoms with van der Waals surface area (Å²) in [6, 6.07) is 8.47. The smallest absolute Gasteiger partial charge is 0.162 e. The van der Waals surface area contributed by atoms with E-state index in [4.69, 9.17) is 0 Å². The molecule has 88 valence electrons. The Labute approximate surface area is 101 Å². The second kappa shape index (κ2) is 4.95. The molecule has 17 heavy (non-hydrogen) atoms. The Bertz CT molecular complexity index is 511. The minimum absolute atomic E-state index is 0.0533. The van der Waals surface area contributed by atoms with Gasteiger partial charge < -0.3 is 0 Å². The number of carbonyl (C=O) groups is 1. The van der Waals surface area contributed by atoms with E-state index in [9.17, 15) is 4.79 Å². The van der Waals surface area contributed by atoms with Crippen molar-refractivity contribution in [1.82, 2.24) is 9.78 Å². The van der Waals surface area contributed by atoms with Crippen LogP contribution in [0, 0.1) is 0 Å². The molecule has 0 fully saturated rings. The van der Waals surface area contributed by atoms with Crippen molar-refractivity contribution in [3.05, 3.63) is 53.3 Å². The molecule has 0 saturated carbocycles. The zero-order valence-electron chi connectivity index (χ0n) is 10.2. The van der Waals surface area contributed by atoms with Crippen molar-refractivity contribution in [2.45, 2.75) is 26.8 Å². The second-order valence-electron chi connectivity index (χ2n) is 4.15. The van der Waals surface area contributed by atoms with Gasteiger partial charge in [0.05, 0.1) is 18.3 Å². The maximum absolute atomic E-state index is 11.1. The number of benzene rings is 1. The molecule has 0 amide bonds. The lowest BCUT2D eigenvalue weighted by atomic mass is 10.1. The molecule has 1 heterocycles. The quantitative estimate of drug-likeness (QED) is 0.754. The van der Waals surface area contributed by atoms with Gasteiger partial charge in [0.25, 0.3) is 0 Å². The van der Waals surface area contributed by atoms with Crippen LogP contribution in [0.4, 0.5) is 0 Å². The number of aromatic nitrogens is 2. The summed E-state index contributed by atoms with van der Waals surface area (Å²) in [5.74, 6) is 0.0533. The van der Waals surface area contributed by atoms with Crippen molar-refractivity contribution in [3.63, 3.8) is 0 Å². The third-order valence-electron chi connectivity index (χ3n) is 2.82. The first-order valence-corrected chi connectivity index (χ1v) is 5.80. The first kappa shape index (κ1) is 11.6. The predicted octanol–water partition coefficient (Wildman–Crippen LogP) is 2.70. The van der Waals surface area contributed by atoms with E-state index in [0.29, 0.717) is 12.1 Å². The van der Waals surface area contributed by atoms with Crippen molar-refractivity contribution in [2.75, 3.05) is 0 Å². The van der Waals surface area contributed by atoms with Crippen LogP contribution in [0.1, 0.15) is 35.3 Å². The predicted molar refractivity (Wildman–Crippen MR) is 67.2 cm³/mol. The van der Waals surface area contributed by atoms with Crippen molar-refractivity contribution in [1.29, 1.82) is 0 Å². The summed E-state index contributed by atoms with van der Waals surface area (Å²) in [7, 11) is 0. The van der Waals surface area contributed by atoms with E-state index in [1.54, 1.807) is 24.0 Å². The standard InChI is InChI=1S/C14H16N2O/c1-3-12-4-6-13(7-5-12)9-16-10-14(8-15-16)11(2)17/h4-8,10H,3,9H2,1-2H3. The second-order valence-corrected chi connectivity index (χ2v) is 4.15. The minimum atomic E-state index is 0.0533. The lowest BCUT2D eigenvalue weighted by Crippen LogP contribution is -2.00. The Kier molecular flexibility index (Phi) is 3.38. The lowest BCUT2D eigenvalue weighted by Gasteiger charge is -2.03. The molecule has 0 aliphatic rings. The first-order chi connectivity index (χ1) is 8.19. The van der Waals surface area contributed by atoms with Gasteiger partial charge in [0.15, 0.2) is 5.78 Å². The summed E-state index contributed by atoms with van der Waals surface area (Å²) in [5, 5.41) is 4.17. The van der Waals surface area contributed by atoms with Gasteiger partial charge in [-0.3, -0.25) is 9.48 Å². The normalized spacial score (nSPS) is 10.5. The third kappa shape index (κ3) is 2.81. The third-order valence-corrected chi connectivity index (χ3v) is 2.82. The Morgan fingerprint density at radius 3 is 2.41 bits per heavy atom. The van der Waals surface area contributed by atoms with Gasteiger partial charge in [-0.15, -0.1) is 0 Å². The van der Waals surface area contributed by atoms with Crippen molar-refractivity contribution in [2.24, 2.45) is 0 Å². The van der Waals surface area contributed by atoms with Gasteiger partial charge >= 0.3 is 0 Å². The molecule has 0 aliphatic heterocycles. The summed E-state index contributed by atoms with van der Waals surface area (Å²) >= 11 is 0. The Morgan fingerprint density at radius 1 is 1.24 bits per heavy atom. The molecule has 0 atom stereocenters. The number of carbonyl (C=O) groups excluding carboxylic acids is 1. The maximum atomic E-state index is 11.1. The van der Waals surface area contributed by atoms with Gasteiger partial charge in [-0.25, -0.2) is 0 Å². The average Bonchev–Trinajstić information content (AvgIpc) is 2.79. The highest BCUT2D eigenvalue weighted by Crippen LogP contribution is 2.07. The number of hydrogen-bond acceptors (Lipinski definition) is 2. The highest BCUT2D eigenvalue weighted by atomic mass is 16.1. The van der Waals surface area contributed by atoms with Crippen LogP contribution in [0.15, 0.2) is 36.7 Å². The molecule has 0 unspecified atom stereocenters. The zero-order valence-corrected chi connectivity index (χ0v) is 10.2. The molecule has 0 N–H and O–H groups in total. The van der Waals surface area contributed by atoms with E-state index in [2.05, 4.69) is 36.3 Å². The van der Waals surface area contributed by atoms with E-state index in [0.717, 1.165) is 6.42 Å². The summed E-state index contributed by atoms with van der Waals surface area (Å²) in [5.41, 5.74) is 3.19. The molecule has 2 aromatic rings. The summed E-state index contributed by atoms with van der Waals surface area (Å²) < 4.78 is 1.79. The first-order valence-electron chi connectivity index (χ1n) is 5.80. The summed E-state index contributed by atoms with van der Waals surface area (Å²) in [6.07, 6.45) is 4.45. The topological polar surface area (TPSA) is 34.9 Å². The van der Waals surface area contributed by atoms with E-state index in [1.807, 2.05) is 0 Å². The van der Waals surface area contributed by atoms with Gasteiger partial charge in [-0.1, -0.05) is 31.2 Å². The fraction of sp³-hybridized carbons (Fsp3) is 0.286. The van der Waals surface area contributed by atoms with Crippen LogP contribution in [0.3, 0.4) is 0 Å². The van der Waals surface area contributed by atoms with Gasteiger partial charge in [-0.2, -0.15) is 5.10 Å². The molecular weight excluding hydrogens is 212 g/mol. The number of hydrogen-bond donors (Lipinski definition) is 0. The van der Waals surface area contributed by atoms with E-state index in [-0.39, 0.29) is 5.78 Å². The molecule has 0 saturated heterocycles. The average molecular weight is 228 g/mol. The molecular formula is C14H16N2O. The van der Waals surface area contributed by atoms with E-state index < -0.39 is 0 Å². The molecule has 0 spiro atoms. The van der Waals surface area contributed by atoms with Gasteiger partial charge in [-0.05, 0) is 24.5 Å². The summed E-state index contributed by atoms with van der Waals surface area (Å²) in [4.78, 5) is 11.1. The molecule has 1 aromatic heterocycles. The highest BCUT2D eigenvalue weighted by Gasteiger charge is 2.03. The number of ketones is 1. The van der Waals surface area contributed by atoms with Crippen molar-refractivity contribution in [3.8, 4) is 0 Å². The summed E-state index contributed by atoms with van der Waals surface area (Å²) in [6.45, 7) is 4.40. The van der Waals surface area contributed by atoms with Crippen LogP contribution < -0.4 is 0 Å². The van der Waals surface area contributed by atoms with Gasteiger partial charge in [0, 0.05) is 6.20 Å². The molecule has 2 rings (SSSR count). The van der Waals surface area contributed by atoms with Crippen molar-refractivity contribution < 1.29 is 4.79 Å². The molecule has 0 aliphatic carbocycles. The number of aryl methyl sites for hydroxylation is 1. The van der Waals surface area contributed by atoms with Crippen LogP contribution >= 0.6 is 0 Å². The van der Waals surface area contributed by atoms with E-state index >= 15 is 0 Å². The highest BCUT2D eigenvalue weighted by molar-refractivity contribution is 5.93. The zero-order chi connectivity index (χ0) is 12.3. The molecule has 3 heteroatoms. The SMILES string of the molecule is CCc1ccc(Cn2cc(C(C)=O)cn2)cc1. The number of Topliss-reactive ketones (excluding diaryl/α,β-unsaturated/α-hetero) is 1. The van der Waals surface area contributed by atoms with E-state index in [1.165, 1.54) is 11.1 Å². The van der Waals surface area contributed by atoms with Crippen LogP contribution in [0.5, 0.6) is 0 Å². The fourth-order valence-electron chi connectivity index (χ4n) is 1.70. The number of nitrogens with zero attached hydrogens (tertiary/aromatic N) is 2. The monoisotopic (exact) mass is 228 g/mol. The number of rotatable bonds is 4. The Balaban J connectivity index is 2.11. The van der Waals surface area contributed by atoms with Gasteiger partial charge in [0.2, 0.25) is 0 Å². The molecule has 3 nitrogen and oxygen atoms in total. The fourth-order valence-corrected chi connectivity index (χ4v) is 1.70. The Hall–Kier alpha value is -1.90. The van der Waals surface area contributed by atoms with Crippen LogP contribution in [0.2, 0.25) is 0 Å². The minimum Gasteiger partial charge on any atom is -0.294 e. The van der Waals surface area contributed by atoms with Crippen molar-refractivity contribution >= 4 is 5.78 Å². The van der Waals surface area contributed by atoms with Gasteiger partial charge in [0.1, 0.15) is 0 Å². The molecule has 0 bridgehead atoms. The van der Waals surface area contributed by atoms with Crippen LogP contribution in [0.25, 0.3) is 0 Å². The molecule has 1 aromatic carbocycles.